The van der Waals surface area contributed by atoms with Gasteiger partial charge < -0.3 is 10.4 Å². The van der Waals surface area contributed by atoms with Crippen LogP contribution in [0.15, 0.2) is 12.1 Å². The minimum atomic E-state index is -4.66. The van der Waals surface area contributed by atoms with Gasteiger partial charge in [0.2, 0.25) is 0 Å². The number of nitrogens with one attached hydrogen (secondary N) is 1. The Morgan fingerprint density at radius 3 is 2.23 bits per heavy atom. The van der Waals surface area contributed by atoms with Crippen molar-refractivity contribution in [3.8, 4) is 5.75 Å². The molecule has 22 heavy (non-hydrogen) atoms. The van der Waals surface area contributed by atoms with Crippen molar-refractivity contribution in [3.05, 3.63) is 28.5 Å². The van der Waals surface area contributed by atoms with Gasteiger partial charge in [0.15, 0.2) is 11.6 Å². The second-order valence-electron chi connectivity index (χ2n) is 4.52. The predicted octanol–water partition coefficient (Wildman–Crippen LogP) is 3.54. The van der Waals surface area contributed by atoms with Crippen LogP contribution in [-0.2, 0) is 0 Å². The third kappa shape index (κ3) is 4.52. The van der Waals surface area contributed by atoms with Gasteiger partial charge in [0, 0.05) is 36.8 Å². The van der Waals surface area contributed by atoms with Gasteiger partial charge in [0.1, 0.15) is 6.04 Å². The van der Waals surface area contributed by atoms with E-state index in [1.165, 1.54) is 0 Å². The molecule has 2 N–H and O–H groups in total. The normalized spacial score (nSPS) is 17.3. The first-order chi connectivity index (χ1) is 9.32. The molecule has 0 amide bonds. The second-order valence-corrected chi connectivity index (χ2v) is 4.93. The van der Waals surface area contributed by atoms with E-state index in [1.54, 1.807) is 0 Å². The molecule has 1 heterocycles. The van der Waals surface area contributed by atoms with Gasteiger partial charge in [-0.05, 0) is 12.1 Å². The van der Waals surface area contributed by atoms with Crippen LogP contribution in [0.1, 0.15) is 11.6 Å². The number of benzene rings is 1. The number of nitrogens with zero attached hydrogens (tertiary/aromatic N) is 1. The lowest BCUT2D eigenvalue weighted by atomic mass is 10.0. The van der Waals surface area contributed by atoms with Crippen LogP contribution in [-0.4, -0.2) is 42.4 Å². The topological polar surface area (TPSA) is 35.5 Å². The fraction of sp³-hybridized carbons (Fsp3) is 0.500. The van der Waals surface area contributed by atoms with E-state index in [0.29, 0.717) is 13.1 Å². The van der Waals surface area contributed by atoms with Gasteiger partial charge >= 0.3 is 6.18 Å². The molecule has 10 heteroatoms. The highest BCUT2D eigenvalue weighted by Crippen LogP contribution is 2.45. The van der Waals surface area contributed by atoms with E-state index in [1.807, 2.05) is 0 Å². The van der Waals surface area contributed by atoms with Crippen LogP contribution >= 0.6 is 36.4 Å². The fourth-order valence-electron chi connectivity index (χ4n) is 2.31. The Labute approximate surface area is 142 Å². The van der Waals surface area contributed by atoms with Gasteiger partial charge in [-0.3, -0.25) is 4.90 Å². The molecule has 0 spiro atoms. The average molecular weight is 386 g/mol. The summed E-state index contributed by atoms with van der Waals surface area (Å²) >= 11 is 5.75. The monoisotopic (exact) mass is 384 g/mol. The zero-order chi connectivity index (χ0) is 14.9. The Morgan fingerprint density at radius 1 is 1.18 bits per heavy atom. The SMILES string of the molecule is Cl.Cl.Oc1c(F)ccc(Cl)c1[C@@H](N1CCNCC1)C(F)(F)F. The highest BCUT2D eigenvalue weighted by atomic mass is 35.5. The maximum Gasteiger partial charge on any atom is 0.408 e. The van der Waals surface area contributed by atoms with Crippen LogP contribution < -0.4 is 5.32 Å². The van der Waals surface area contributed by atoms with Crippen molar-refractivity contribution < 1.29 is 22.7 Å². The summed E-state index contributed by atoms with van der Waals surface area (Å²) in [6, 6.07) is -0.257. The summed E-state index contributed by atoms with van der Waals surface area (Å²) in [6.45, 7) is 1.05. The Hall–Kier alpha value is -0.470. The molecular formula is C12H15Cl3F4N2O. The van der Waals surface area contributed by atoms with Crippen LogP contribution in [0.25, 0.3) is 0 Å². The van der Waals surface area contributed by atoms with Gasteiger partial charge in [-0.25, -0.2) is 4.39 Å². The molecule has 1 fully saturated rings. The summed E-state index contributed by atoms with van der Waals surface area (Å²) in [6.07, 6.45) is -4.66. The molecule has 1 saturated heterocycles. The van der Waals surface area contributed by atoms with Crippen molar-refractivity contribution >= 4 is 36.4 Å². The first-order valence-electron chi connectivity index (χ1n) is 6.00. The van der Waals surface area contributed by atoms with Gasteiger partial charge in [-0.2, -0.15) is 13.2 Å². The van der Waals surface area contributed by atoms with Crippen molar-refractivity contribution in [1.82, 2.24) is 10.2 Å². The molecule has 1 aromatic carbocycles. The standard InChI is InChI=1S/C12H13ClF4N2O.2ClH/c13-7-1-2-8(14)10(20)9(7)11(12(15,16)17)19-5-3-18-4-6-19;;/h1-2,11,18,20H,3-6H2;2*1H/t11-;;/m1../s1. The summed E-state index contributed by atoms with van der Waals surface area (Å²) in [5.74, 6) is -2.16. The number of aromatic hydroxyl groups is 1. The molecule has 1 aromatic rings. The zero-order valence-electron chi connectivity index (χ0n) is 11.2. The molecular weight excluding hydrogens is 370 g/mol. The van der Waals surface area contributed by atoms with Crippen molar-refractivity contribution in [1.29, 1.82) is 0 Å². The quantitative estimate of drug-likeness (QED) is 0.765. The van der Waals surface area contributed by atoms with Crippen molar-refractivity contribution in [2.24, 2.45) is 0 Å². The van der Waals surface area contributed by atoms with Crippen molar-refractivity contribution in [3.63, 3.8) is 0 Å². The summed E-state index contributed by atoms with van der Waals surface area (Å²) in [4.78, 5) is 1.14. The minimum absolute atomic E-state index is 0. The molecule has 1 aliphatic heterocycles. The number of halogens is 7. The van der Waals surface area contributed by atoms with E-state index >= 15 is 0 Å². The Morgan fingerprint density at radius 2 is 1.73 bits per heavy atom. The van der Waals surface area contributed by atoms with E-state index in [-0.39, 0.29) is 42.9 Å². The van der Waals surface area contributed by atoms with E-state index in [4.69, 9.17) is 11.6 Å². The molecule has 1 aliphatic rings. The van der Waals surface area contributed by atoms with Gasteiger partial charge in [-0.1, -0.05) is 11.6 Å². The Bertz CT molecular complexity index is 496. The first-order valence-corrected chi connectivity index (χ1v) is 6.38. The molecule has 0 bridgehead atoms. The molecule has 1 atom stereocenters. The van der Waals surface area contributed by atoms with E-state index < -0.39 is 29.3 Å². The molecule has 0 aliphatic carbocycles. The summed E-state index contributed by atoms with van der Waals surface area (Å²) < 4.78 is 53.4. The van der Waals surface area contributed by atoms with Crippen molar-refractivity contribution in [2.75, 3.05) is 26.2 Å². The molecule has 128 valence electrons. The number of hydrogen-bond acceptors (Lipinski definition) is 3. The zero-order valence-corrected chi connectivity index (χ0v) is 13.6. The molecule has 0 unspecified atom stereocenters. The maximum absolute atomic E-state index is 13.4. The molecule has 0 aromatic heterocycles. The Balaban J connectivity index is 0.00000220. The molecule has 3 nitrogen and oxygen atoms in total. The molecule has 0 saturated carbocycles. The van der Waals surface area contributed by atoms with Crippen LogP contribution in [0.2, 0.25) is 5.02 Å². The van der Waals surface area contributed by atoms with Crippen LogP contribution in [0.4, 0.5) is 17.6 Å². The smallest absolute Gasteiger partial charge is 0.408 e. The van der Waals surface area contributed by atoms with E-state index in [9.17, 15) is 22.7 Å². The van der Waals surface area contributed by atoms with E-state index in [2.05, 4.69) is 5.32 Å². The summed E-state index contributed by atoms with van der Waals surface area (Å²) in [5, 5.41) is 12.3. The third-order valence-corrected chi connectivity index (χ3v) is 3.54. The predicted molar refractivity (Wildman–Crippen MR) is 80.8 cm³/mol. The van der Waals surface area contributed by atoms with Crippen LogP contribution in [0, 0.1) is 5.82 Å². The third-order valence-electron chi connectivity index (χ3n) is 3.21. The lowest BCUT2D eigenvalue weighted by molar-refractivity contribution is -0.188. The average Bonchev–Trinajstić information content (AvgIpc) is 2.39. The second kappa shape index (κ2) is 8.40. The lowest BCUT2D eigenvalue weighted by Gasteiger charge is -2.36. The summed E-state index contributed by atoms with van der Waals surface area (Å²) in [5.41, 5.74) is -0.624. The largest absolute Gasteiger partial charge is 0.505 e. The Kier molecular flexibility index (Phi) is 8.22. The number of phenolic OH excluding ortho intramolecular Hbond substituents is 1. The van der Waals surface area contributed by atoms with Crippen LogP contribution in [0.5, 0.6) is 5.75 Å². The van der Waals surface area contributed by atoms with Gasteiger partial charge in [0.25, 0.3) is 0 Å². The highest BCUT2D eigenvalue weighted by Gasteiger charge is 2.47. The molecule has 0 radical (unpaired) electrons. The lowest BCUT2D eigenvalue weighted by Crippen LogP contribution is -2.49. The number of hydrogen-bond donors (Lipinski definition) is 2. The van der Waals surface area contributed by atoms with E-state index in [0.717, 1.165) is 17.0 Å². The molecule has 2 rings (SSSR count). The van der Waals surface area contributed by atoms with Crippen molar-refractivity contribution in [2.45, 2.75) is 12.2 Å². The summed E-state index contributed by atoms with van der Waals surface area (Å²) in [7, 11) is 0. The van der Waals surface area contributed by atoms with Gasteiger partial charge in [0.05, 0.1) is 0 Å². The minimum Gasteiger partial charge on any atom is -0.505 e. The first kappa shape index (κ1) is 21.5. The number of piperazine rings is 1. The van der Waals surface area contributed by atoms with Gasteiger partial charge in [-0.15, -0.1) is 24.8 Å². The fourth-order valence-corrected chi connectivity index (χ4v) is 2.57. The number of alkyl halides is 3. The maximum atomic E-state index is 13.4. The van der Waals surface area contributed by atoms with Crippen LogP contribution in [0.3, 0.4) is 0 Å². The number of rotatable bonds is 2. The highest BCUT2D eigenvalue weighted by molar-refractivity contribution is 6.31. The number of phenols is 1.